The molecule has 1 aliphatic heterocycles. The van der Waals surface area contributed by atoms with Gasteiger partial charge in [-0.25, -0.2) is 4.39 Å². The topological polar surface area (TPSA) is 75.4 Å². The van der Waals surface area contributed by atoms with E-state index in [1.54, 1.807) is 12.1 Å². The Kier molecular flexibility index (Phi) is 5.91. The minimum atomic E-state index is -0.566. The zero-order valence-electron chi connectivity index (χ0n) is 15.2. The first-order valence-electron chi connectivity index (χ1n) is 9.60. The molecule has 2 aliphatic rings. The van der Waals surface area contributed by atoms with E-state index in [1.165, 1.54) is 12.1 Å². The number of hydrogen-bond acceptors (Lipinski definition) is 3. The van der Waals surface area contributed by atoms with Crippen LogP contribution in [0.5, 0.6) is 0 Å². The number of likely N-dealkylation sites (tertiary alicyclic amines) is 1. The molecule has 0 spiro atoms. The third kappa shape index (κ3) is 3.75. The SMILES string of the molecule is NCCNC(=O)C1CCCN(C(=O)C2(c3ccc(F)cc3)CCCC2)C1. The minimum absolute atomic E-state index is 0.0183. The summed E-state index contributed by atoms with van der Waals surface area (Å²) in [6.07, 6.45) is 5.19. The van der Waals surface area contributed by atoms with Crippen LogP contribution in [-0.4, -0.2) is 42.9 Å². The van der Waals surface area contributed by atoms with Gasteiger partial charge in [-0.3, -0.25) is 9.59 Å². The third-order valence-corrected chi connectivity index (χ3v) is 5.79. The molecule has 3 N–H and O–H groups in total. The first-order chi connectivity index (χ1) is 12.6. The molecule has 1 saturated heterocycles. The lowest BCUT2D eigenvalue weighted by atomic mass is 9.77. The number of nitrogens with zero attached hydrogens (tertiary/aromatic N) is 1. The van der Waals surface area contributed by atoms with E-state index in [-0.39, 0.29) is 23.5 Å². The van der Waals surface area contributed by atoms with Crippen LogP contribution >= 0.6 is 0 Å². The second-order valence-corrected chi connectivity index (χ2v) is 7.47. The average molecular weight is 361 g/mol. The molecule has 6 heteroatoms. The van der Waals surface area contributed by atoms with E-state index >= 15 is 0 Å². The van der Waals surface area contributed by atoms with Crippen molar-refractivity contribution in [3.05, 3.63) is 35.6 Å². The lowest BCUT2D eigenvalue weighted by Gasteiger charge is -2.39. The molecule has 1 aromatic carbocycles. The van der Waals surface area contributed by atoms with Gasteiger partial charge in [-0.2, -0.15) is 0 Å². The molecular formula is C20H28FN3O2. The Bertz CT molecular complexity index is 641. The fourth-order valence-corrected chi connectivity index (χ4v) is 4.39. The molecule has 1 heterocycles. The minimum Gasteiger partial charge on any atom is -0.355 e. The van der Waals surface area contributed by atoms with E-state index in [2.05, 4.69) is 5.32 Å². The van der Waals surface area contributed by atoms with Gasteiger partial charge in [0.2, 0.25) is 11.8 Å². The quantitative estimate of drug-likeness (QED) is 0.842. The van der Waals surface area contributed by atoms with Crippen LogP contribution in [0.2, 0.25) is 0 Å². The predicted molar refractivity (Wildman–Crippen MR) is 97.9 cm³/mol. The maximum absolute atomic E-state index is 13.5. The number of hydrogen-bond donors (Lipinski definition) is 2. The first-order valence-corrected chi connectivity index (χ1v) is 9.60. The smallest absolute Gasteiger partial charge is 0.233 e. The molecule has 1 aliphatic carbocycles. The summed E-state index contributed by atoms with van der Waals surface area (Å²) in [5.41, 5.74) is 5.78. The van der Waals surface area contributed by atoms with Gasteiger partial charge in [0.1, 0.15) is 5.82 Å². The van der Waals surface area contributed by atoms with Crippen molar-refractivity contribution in [2.45, 2.75) is 43.9 Å². The molecule has 0 bridgehead atoms. The van der Waals surface area contributed by atoms with Crippen LogP contribution in [0, 0.1) is 11.7 Å². The number of carbonyl (C=O) groups is 2. The second-order valence-electron chi connectivity index (χ2n) is 7.47. The van der Waals surface area contributed by atoms with Crippen molar-refractivity contribution in [3.63, 3.8) is 0 Å². The van der Waals surface area contributed by atoms with Crippen LogP contribution in [0.4, 0.5) is 4.39 Å². The first kappa shape index (κ1) is 18.8. The lowest BCUT2D eigenvalue weighted by Crippen LogP contribution is -2.51. The van der Waals surface area contributed by atoms with Crippen LogP contribution in [0.25, 0.3) is 0 Å². The van der Waals surface area contributed by atoms with Gasteiger partial charge >= 0.3 is 0 Å². The van der Waals surface area contributed by atoms with Gasteiger partial charge in [-0.1, -0.05) is 25.0 Å². The zero-order chi connectivity index (χ0) is 18.6. The summed E-state index contributed by atoms with van der Waals surface area (Å²) in [7, 11) is 0. The Hall–Kier alpha value is -1.95. The molecule has 1 saturated carbocycles. The van der Waals surface area contributed by atoms with Gasteiger partial charge in [0, 0.05) is 26.2 Å². The van der Waals surface area contributed by atoms with E-state index in [0.717, 1.165) is 44.1 Å². The highest BCUT2D eigenvalue weighted by Gasteiger charge is 2.46. The number of piperidine rings is 1. The van der Waals surface area contributed by atoms with Crippen molar-refractivity contribution in [2.24, 2.45) is 11.7 Å². The van der Waals surface area contributed by atoms with Crippen molar-refractivity contribution >= 4 is 11.8 Å². The Morgan fingerprint density at radius 2 is 1.88 bits per heavy atom. The van der Waals surface area contributed by atoms with E-state index in [4.69, 9.17) is 5.73 Å². The number of halogens is 1. The highest BCUT2D eigenvalue weighted by Crippen LogP contribution is 2.43. The zero-order valence-corrected chi connectivity index (χ0v) is 15.2. The summed E-state index contributed by atoms with van der Waals surface area (Å²) in [5, 5.41) is 2.83. The summed E-state index contributed by atoms with van der Waals surface area (Å²) < 4.78 is 13.3. The van der Waals surface area contributed by atoms with Crippen molar-refractivity contribution in [1.29, 1.82) is 0 Å². The van der Waals surface area contributed by atoms with Gasteiger partial charge in [-0.05, 0) is 43.4 Å². The molecule has 1 atom stereocenters. The number of nitrogens with one attached hydrogen (secondary N) is 1. The van der Waals surface area contributed by atoms with Crippen LogP contribution in [0.15, 0.2) is 24.3 Å². The molecule has 3 rings (SSSR count). The summed E-state index contributed by atoms with van der Waals surface area (Å²) in [4.78, 5) is 27.6. The standard InChI is InChI=1S/C20H28FN3O2/c21-17-7-5-16(6-8-17)20(9-1-2-10-20)19(26)24-13-3-4-15(14-24)18(25)23-12-11-22/h5-8,15H,1-4,9-14,22H2,(H,23,25). The molecule has 0 radical (unpaired) electrons. The Balaban J connectivity index is 1.77. The summed E-state index contributed by atoms with van der Waals surface area (Å²) in [6, 6.07) is 6.35. The maximum Gasteiger partial charge on any atom is 0.233 e. The van der Waals surface area contributed by atoms with Crippen molar-refractivity contribution in [2.75, 3.05) is 26.2 Å². The Morgan fingerprint density at radius 1 is 1.19 bits per heavy atom. The lowest BCUT2D eigenvalue weighted by molar-refractivity contribution is -0.141. The van der Waals surface area contributed by atoms with E-state index in [1.807, 2.05) is 4.90 Å². The fraction of sp³-hybridized carbons (Fsp3) is 0.600. The molecular weight excluding hydrogens is 333 g/mol. The number of carbonyl (C=O) groups excluding carboxylic acids is 2. The molecule has 2 fully saturated rings. The van der Waals surface area contributed by atoms with Crippen molar-refractivity contribution in [3.8, 4) is 0 Å². The molecule has 1 unspecified atom stereocenters. The molecule has 5 nitrogen and oxygen atoms in total. The van der Waals surface area contributed by atoms with E-state index in [0.29, 0.717) is 26.2 Å². The number of rotatable bonds is 5. The molecule has 26 heavy (non-hydrogen) atoms. The van der Waals surface area contributed by atoms with Crippen LogP contribution < -0.4 is 11.1 Å². The normalized spacial score (nSPS) is 22.2. The summed E-state index contributed by atoms with van der Waals surface area (Å²) in [5.74, 6) is -0.386. The molecule has 2 amide bonds. The van der Waals surface area contributed by atoms with Gasteiger partial charge in [-0.15, -0.1) is 0 Å². The molecule has 1 aromatic rings. The monoisotopic (exact) mass is 361 g/mol. The number of amides is 2. The molecule has 142 valence electrons. The van der Waals surface area contributed by atoms with Gasteiger partial charge in [0.25, 0.3) is 0 Å². The van der Waals surface area contributed by atoms with Gasteiger partial charge < -0.3 is 16.0 Å². The summed E-state index contributed by atoms with van der Waals surface area (Å²) >= 11 is 0. The third-order valence-electron chi connectivity index (χ3n) is 5.79. The Morgan fingerprint density at radius 3 is 2.54 bits per heavy atom. The maximum atomic E-state index is 13.5. The number of nitrogens with two attached hydrogens (primary N) is 1. The highest BCUT2D eigenvalue weighted by molar-refractivity contribution is 5.89. The van der Waals surface area contributed by atoms with E-state index in [9.17, 15) is 14.0 Å². The van der Waals surface area contributed by atoms with Crippen LogP contribution in [0.1, 0.15) is 44.1 Å². The highest BCUT2D eigenvalue weighted by atomic mass is 19.1. The molecule has 0 aromatic heterocycles. The van der Waals surface area contributed by atoms with Gasteiger partial charge in [0.15, 0.2) is 0 Å². The Labute approximate surface area is 154 Å². The van der Waals surface area contributed by atoms with E-state index < -0.39 is 5.41 Å². The van der Waals surface area contributed by atoms with Crippen molar-refractivity contribution in [1.82, 2.24) is 10.2 Å². The second kappa shape index (κ2) is 8.16. The van der Waals surface area contributed by atoms with Crippen LogP contribution in [0.3, 0.4) is 0 Å². The van der Waals surface area contributed by atoms with Gasteiger partial charge in [0.05, 0.1) is 11.3 Å². The summed E-state index contributed by atoms with van der Waals surface area (Å²) in [6.45, 7) is 2.01. The van der Waals surface area contributed by atoms with Crippen molar-refractivity contribution < 1.29 is 14.0 Å². The fourth-order valence-electron chi connectivity index (χ4n) is 4.39. The predicted octanol–water partition coefficient (Wildman–Crippen LogP) is 1.95. The average Bonchev–Trinajstić information content (AvgIpc) is 3.17. The van der Waals surface area contributed by atoms with Crippen LogP contribution in [-0.2, 0) is 15.0 Å². The number of benzene rings is 1. The largest absolute Gasteiger partial charge is 0.355 e.